The lowest BCUT2D eigenvalue weighted by atomic mass is 9.99. The molecule has 3 heteroatoms. The SMILES string of the molecule is Cc1cncc(C(=O)c2cc(C)nc3ccccc23)c1. The normalized spacial score (nSPS) is 10.7. The number of nitrogens with zero attached hydrogens (tertiary/aromatic N) is 2. The highest BCUT2D eigenvalue weighted by atomic mass is 16.1. The highest BCUT2D eigenvalue weighted by molar-refractivity contribution is 6.15. The maximum atomic E-state index is 12.7. The molecule has 0 aliphatic rings. The number of ketones is 1. The first-order valence-corrected chi connectivity index (χ1v) is 6.48. The predicted molar refractivity (Wildman–Crippen MR) is 78.9 cm³/mol. The van der Waals surface area contributed by atoms with E-state index in [-0.39, 0.29) is 5.78 Å². The molecule has 0 saturated heterocycles. The predicted octanol–water partition coefficient (Wildman–Crippen LogP) is 3.48. The standard InChI is InChI=1S/C17H14N2O/c1-11-7-13(10-18-9-11)17(20)15-8-12(2)19-16-6-4-3-5-14(15)16/h3-10H,1-2H3. The van der Waals surface area contributed by atoms with Crippen LogP contribution >= 0.6 is 0 Å². The van der Waals surface area contributed by atoms with E-state index in [1.54, 1.807) is 12.4 Å². The van der Waals surface area contributed by atoms with Crippen LogP contribution in [-0.4, -0.2) is 15.8 Å². The number of hydrogen-bond donors (Lipinski definition) is 0. The summed E-state index contributed by atoms with van der Waals surface area (Å²) in [6.07, 6.45) is 3.35. The Morgan fingerprint density at radius 2 is 1.85 bits per heavy atom. The van der Waals surface area contributed by atoms with Gasteiger partial charge in [-0.2, -0.15) is 0 Å². The van der Waals surface area contributed by atoms with Gasteiger partial charge in [-0.15, -0.1) is 0 Å². The van der Waals surface area contributed by atoms with Crippen LogP contribution < -0.4 is 0 Å². The number of carbonyl (C=O) groups is 1. The summed E-state index contributed by atoms with van der Waals surface area (Å²) < 4.78 is 0. The Labute approximate surface area is 117 Å². The van der Waals surface area contributed by atoms with Gasteiger partial charge in [0.2, 0.25) is 0 Å². The summed E-state index contributed by atoms with van der Waals surface area (Å²) in [4.78, 5) is 21.3. The molecule has 1 aromatic carbocycles. The summed E-state index contributed by atoms with van der Waals surface area (Å²) in [6, 6.07) is 11.4. The summed E-state index contributed by atoms with van der Waals surface area (Å²) in [5.74, 6) is -0.0112. The van der Waals surface area contributed by atoms with Gasteiger partial charge in [-0.05, 0) is 37.6 Å². The number of hydrogen-bond acceptors (Lipinski definition) is 3. The molecule has 0 aliphatic carbocycles. The lowest BCUT2D eigenvalue weighted by Crippen LogP contribution is -2.04. The van der Waals surface area contributed by atoms with E-state index in [0.29, 0.717) is 11.1 Å². The molecule has 2 heterocycles. The van der Waals surface area contributed by atoms with Crippen molar-refractivity contribution in [1.82, 2.24) is 9.97 Å². The summed E-state index contributed by atoms with van der Waals surface area (Å²) in [6.45, 7) is 3.83. The quantitative estimate of drug-likeness (QED) is 0.664. The molecule has 0 aliphatic heterocycles. The van der Waals surface area contributed by atoms with Crippen LogP contribution in [0.25, 0.3) is 10.9 Å². The second-order valence-corrected chi connectivity index (χ2v) is 4.91. The highest BCUT2D eigenvalue weighted by Crippen LogP contribution is 2.21. The number of pyridine rings is 2. The molecule has 20 heavy (non-hydrogen) atoms. The first kappa shape index (κ1) is 12.5. The molecule has 98 valence electrons. The number of benzene rings is 1. The molecule has 3 rings (SSSR count). The molecule has 0 amide bonds. The monoisotopic (exact) mass is 262 g/mol. The number of para-hydroxylation sites is 1. The van der Waals surface area contributed by atoms with Gasteiger partial charge in [0.05, 0.1) is 5.52 Å². The summed E-state index contributed by atoms with van der Waals surface area (Å²) >= 11 is 0. The molecule has 0 saturated carbocycles. The van der Waals surface area contributed by atoms with Crippen LogP contribution in [0.3, 0.4) is 0 Å². The lowest BCUT2D eigenvalue weighted by Gasteiger charge is -2.07. The minimum absolute atomic E-state index is 0.0112. The minimum atomic E-state index is -0.0112. The van der Waals surface area contributed by atoms with Gasteiger partial charge in [0.25, 0.3) is 0 Å². The Morgan fingerprint density at radius 1 is 1.05 bits per heavy atom. The van der Waals surface area contributed by atoms with Gasteiger partial charge in [0.1, 0.15) is 0 Å². The molecule has 3 aromatic rings. The third-order valence-electron chi connectivity index (χ3n) is 3.23. The Kier molecular flexibility index (Phi) is 3.03. The van der Waals surface area contributed by atoms with Crippen LogP contribution in [0, 0.1) is 13.8 Å². The first-order valence-electron chi connectivity index (χ1n) is 6.48. The molecular formula is C17H14N2O. The zero-order valence-corrected chi connectivity index (χ0v) is 11.4. The number of rotatable bonds is 2. The van der Waals surface area contributed by atoms with Gasteiger partial charge in [0.15, 0.2) is 5.78 Å². The van der Waals surface area contributed by atoms with Crippen LogP contribution in [-0.2, 0) is 0 Å². The molecule has 0 bridgehead atoms. The van der Waals surface area contributed by atoms with Crippen molar-refractivity contribution in [2.24, 2.45) is 0 Å². The fourth-order valence-electron chi connectivity index (χ4n) is 2.33. The van der Waals surface area contributed by atoms with Crippen molar-refractivity contribution < 1.29 is 4.79 Å². The van der Waals surface area contributed by atoms with E-state index in [2.05, 4.69) is 9.97 Å². The fraction of sp³-hybridized carbons (Fsp3) is 0.118. The maximum absolute atomic E-state index is 12.7. The molecule has 0 fully saturated rings. The minimum Gasteiger partial charge on any atom is -0.289 e. The van der Waals surface area contributed by atoms with Gasteiger partial charge in [-0.3, -0.25) is 14.8 Å². The third-order valence-corrected chi connectivity index (χ3v) is 3.23. The number of carbonyl (C=O) groups excluding carboxylic acids is 1. The first-order chi connectivity index (χ1) is 9.65. The second kappa shape index (κ2) is 4.85. The zero-order chi connectivity index (χ0) is 14.1. The zero-order valence-electron chi connectivity index (χ0n) is 11.4. The van der Waals surface area contributed by atoms with Crippen LogP contribution in [0.1, 0.15) is 27.2 Å². The molecule has 0 atom stereocenters. The Bertz CT molecular complexity index is 809. The van der Waals surface area contributed by atoms with Crippen molar-refractivity contribution in [2.75, 3.05) is 0 Å². The fourth-order valence-corrected chi connectivity index (χ4v) is 2.33. The molecule has 0 spiro atoms. The van der Waals surface area contributed by atoms with Gasteiger partial charge in [-0.25, -0.2) is 0 Å². The smallest absolute Gasteiger partial charge is 0.195 e. The van der Waals surface area contributed by atoms with Crippen LogP contribution in [0.15, 0.2) is 48.8 Å². The van der Waals surface area contributed by atoms with E-state index >= 15 is 0 Å². The molecule has 0 radical (unpaired) electrons. The number of aryl methyl sites for hydroxylation is 2. The third kappa shape index (κ3) is 2.18. The molecule has 2 aromatic heterocycles. The van der Waals surface area contributed by atoms with E-state index in [1.165, 1.54) is 0 Å². The lowest BCUT2D eigenvalue weighted by molar-refractivity contribution is 0.103. The Balaban J connectivity index is 2.21. The molecule has 0 unspecified atom stereocenters. The van der Waals surface area contributed by atoms with E-state index in [1.807, 2.05) is 50.2 Å². The van der Waals surface area contributed by atoms with Crippen molar-refractivity contribution in [1.29, 1.82) is 0 Å². The average Bonchev–Trinajstić information content (AvgIpc) is 2.45. The number of aromatic nitrogens is 2. The van der Waals surface area contributed by atoms with Crippen LogP contribution in [0.4, 0.5) is 0 Å². The molecule has 0 N–H and O–H groups in total. The average molecular weight is 262 g/mol. The summed E-state index contributed by atoms with van der Waals surface area (Å²) in [7, 11) is 0. The molecule has 3 nitrogen and oxygen atoms in total. The largest absolute Gasteiger partial charge is 0.289 e. The van der Waals surface area contributed by atoms with Gasteiger partial charge in [0, 0.05) is 34.6 Å². The Morgan fingerprint density at radius 3 is 2.65 bits per heavy atom. The van der Waals surface area contributed by atoms with Crippen molar-refractivity contribution >= 4 is 16.7 Å². The second-order valence-electron chi connectivity index (χ2n) is 4.91. The highest BCUT2D eigenvalue weighted by Gasteiger charge is 2.14. The van der Waals surface area contributed by atoms with Crippen molar-refractivity contribution in [3.05, 3.63) is 71.2 Å². The maximum Gasteiger partial charge on any atom is 0.195 e. The topological polar surface area (TPSA) is 42.9 Å². The van der Waals surface area contributed by atoms with Gasteiger partial charge >= 0.3 is 0 Å². The molecular weight excluding hydrogens is 248 g/mol. The summed E-state index contributed by atoms with van der Waals surface area (Å²) in [5.41, 5.74) is 3.95. The van der Waals surface area contributed by atoms with E-state index < -0.39 is 0 Å². The van der Waals surface area contributed by atoms with Crippen molar-refractivity contribution in [3.8, 4) is 0 Å². The van der Waals surface area contributed by atoms with Crippen LogP contribution in [0.2, 0.25) is 0 Å². The van der Waals surface area contributed by atoms with Crippen molar-refractivity contribution in [2.45, 2.75) is 13.8 Å². The van der Waals surface area contributed by atoms with Gasteiger partial charge < -0.3 is 0 Å². The summed E-state index contributed by atoms with van der Waals surface area (Å²) in [5, 5.41) is 0.879. The van der Waals surface area contributed by atoms with E-state index in [9.17, 15) is 4.79 Å². The number of fused-ring (bicyclic) bond motifs is 1. The van der Waals surface area contributed by atoms with Crippen molar-refractivity contribution in [3.63, 3.8) is 0 Å². The van der Waals surface area contributed by atoms with Gasteiger partial charge in [-0.1, -0.05) is 18.2 Å². The van der Waals surface area contributed by atoms with Crippen LogP contribution in [0.5, 0.6) is 0 Å². The van der Waals surface area contributed by atoms with E-state index in [0.717, 1.165) is 22.2 Å². The Hall–Kier alpha value is -2.55. The van der Waals surface area contributed by atoms with E-state index in [4.69, 9.17) is 0 Å².